The van der Waals surface area contributed by atoms with Crippen LogP contribution in [-0.4, -0.2) is 192 Å². The average molecular weight is 1620 g/mol. The van der Waals surface area contributed by atoms with E-state index < -0.39 is 46.3 Å². The van der Waals surface area contributed by atoms with Crippen molar-refractivity contribution in [2.24, 2.45) is 23.7 Å². The molecule has 6 rings (SSSR count). The number of hydrogen-bond donors (Lipinski definition) is 0. The Morgan fingerprint density at radius 1 is 0.414 bits per heavy atom. The monoisotopic (exact) mass is 1620 g/mol. The van der Waals surface area contributed by atoms with Crippen LogP contribution in [0, 0.1) is 23.7 Å². The third-order valence-electron chi connectivity index (χ3n) is 24.6. The number of nitrogens with zero attached hydrogens (tertiary/aromatic N) is 5. The van der Waals surface area contributed by atoms with Crippen LogP contribution in [0.2, 0.25) is 0 Å². The van der Waals surface area contributed by atoms with E-state index in [-0.39, 0.29) is 95.2 Å². The predicted molar refractivity (Wildman–Crippen MR) is 464 cm³/mol. The Bertz CT molecular complexity index is 3420. The lowest BCUT2D eigenvalue weighted by atomic mass is 9.70. The fourth-order valence-corrected chi connectivity index (χ4v) is 14.8. The number of hydroxylamine groups is 6. The van der Waals surface area contributed by atoms with Crippen molar-refractivity contribution in [2.75, 3.05) is 74.3 Å². The van der Waals surface area contributed by atoms with Crippen molar-refractivity contribution in [3.63, 3.8) is 0 Å². The first-order valence-electron chi connectivity index (χ1n) is 43.2. The van der Waals surface area contributed by atoms with Crippen molar-refractivity contribution < 1.29 is 76.6 Å². The second-order valence-corrected chi connectivity index (χ2v) is 33.9. The van der Waals surface area contributed by atoms with E-state index in [0.717, 1.165) is 88.0 Å². The Morgan fingerprint density at radius 3 is 1.03 bits per heavy atom. The summed E-state index contributed by atoms with van der Waals surface area (Å²) in [4.78, 5) is 123. The lowest BCUT2D eigenvalue weighted by Crippen LogP contribution is -2.67. The number of piperidine rings is 3. The van der Waals surface area contributed by atoms with E-state index in [1.807, 2.05) is 158 Å². The van der Waals surface area contributed by atoms with Crippen molar-refractivity contribution >= 4 is 47.2 Å². The Kier molecular flexibility index (Phi) is 47.4. The van der Waals surface area contributed by atoms with E-state index >= 15 is 0 Å². The SMILES string of the molecule is C=CC(=O)OCCCC.C=CC(=O)OCCN(C)C.CCC1(C)CC(=O)C(C)C(C)(CC)N1OC(C)c1ccccc1.CCCCOC(=O)C(CC(C)c1ccccc1)ON1C(C)(CC)CC(=O)C(C)C1(C)CC.CCCCOC(=O)C(CC(ON1C(C)(CC)CC(=O)C(C)C1(C)CC)C(=O)OCCN(C)C)CC(C)c1ccccc1. The zero-order chi connectivity index (χ0) is 87.8. The molecule has 0 spiro atoms. The molecule has 3 aromatic carbocycles. The number of benzene rings is 3. The van der Waals surface area contributed by atoms with Crippen LogP contribution in [0.4, 0.5) is 0 Å². The summed E-state index contributed by atoms with van der Waals surface area (Å²) in [5.74, 6) is -1.87. The molecule has 0 aliphatic carbocycles. The zero-order valence-corrected chi connectivity index (χ0v) is 76.4. The van der Waals surface area contributed by atoms with E-state index in [1.54, 1.807) is 0 Å². The molecule has 15 atom stereocenters. The van der Waals surface area contributed by atoms with E-state index in [9.17, 15) is 38.4 Å². The van der Waals surface area contributed by atoms with Gasteiger partial charge in [0.2, 0.25) is 0 Å². The van der Waals surface area contributed by atoms with E-state index in [4.69, 9.17) is 33.5 Å². The molecule has 3 heterocycles. The van der Waals surface area contributed by atoms with Crippen molar-refractivity contribution in [1.29, 1.82) is 0 Å². The van der Waals surface area contributed by atoms with Crippen LogP contribution in [0.1, 0.15) is 296 Å². The number of ether oxygens (including phenoxy) is 5. The molecule has 0 radical (unpaired) electrons. The minimum absolute atomic E-state index is 0.0184. The van der Waals surface area contributed by atoms with E-state index in [2.05, 4.69) is 149 Å². The smallest absolute Gasteiger partial charge is 0.337 e. The van der Waals surface area contributed by atoms with Gasteiger partial charge in [0.05, 0.1) is 59.0 Å². The van der Waals surface area contributed by atoms with Gasteiger partial charge in [-0.3, -0.25) is 33.7 Å². The fourth-order valence-electron chi connectivity index (χ4n) is 14.8. The number of rotatable bonds is 41. The van der Waals surface area contributed by atoms with Gasteiger partial charge in [0.25, 0.3) is 0 Å². The molecule has 3 aliphatic heterocycles. The minimum atomic E-state index is -1.03. The molecule has 3 saturated heterocycles. The summed E-state index contributed by atoms with van der Waals surface area (Å²) in [6, 6.07) is 30.5. The summed E-state index contributed by atoms with van der Waals surface area (Å²) in [6.45, 7) is 53.3. The van der Waals surface area contributed by atoms with Crippen molar-refractivity contribution in [2.45, 2.75) is 324 Å². The van der Waals surface area contributed by atoms with Gasteiger partial charge in [-0.15, -0.1) is 0 Å². The Morgan fingerprint density at radius 2 is 0.707 bits per heavy atom. The van der Waals surface area contributed by atoms with Crippen LogP contribution in [0.3, 0.4) is 0 Å². The largest absolute Gasteiger partial charge is 0.465 e. The lowest BCUT2D eigenvalue weighted by molar-refractivity contribution is -0.315. The molecule has 3 aliphatic rings. The summed E-state index contributed by atoms with van der Waals surface area (Å²) in [5, 5.41) is 6.06. The van der Waals surface area contributed by atoms with Gasteiger partial charge in [-0.1, -0.05) is 220 Å². The standard InChI is InChI=1S/C34H56N2O6.C27H43NO4.C20H31NO2.C7H13NO2.C7H12O2/c1-10-13-20-40-31(38)28(22-25(4)27-17-15-14-16-18-27)23-30(32(39)41-21-19-35(8)9)42-36-33(6,11-2)24-29(37)26(5)34(36,7)12-3;1-8-11-17-31-25(30)24(18-20(4)22-15-13-12-14-16-22)32-28-26(6,9-2)19-23(29)21(5)27(28,7)10-3;1-7-19(5)14-18(22)15(3)20(6,8-2)21(19)23-16(4)17-12-10-9-11-13-17;1-4-7(9)10-6-5-8(2)3;1-3-5-6-9-7(8)4-2/h14-18,25-26,28,30H,10-13,19-24H2,1-9H3;12-16,20-21,24H,8-11,17-19H2,1-7H3;9-13,15-16H,7-8,14H2,1-6H3;4H,1,5-6H2,2-3H3;4H,2-3,5-6H2,1H3. The fraction of sp³-hybridized carbons (Fsp3) is 0.684. The molecular weight excluding hydrogens is 1470 g/mol. The topological polar surface area (TPSA) is 227 Å². The Hall–Kier alpha value is -6.82. The molecule has 3 fully saturated rings. The van der Waals surface area contributed by atoms with Crippen LogP contribution in [0.25, 0.3) is 0 Å². The number of carbonyl (C=O) groups is 8. The van der Waals surface area contributed by atoms with Crippen molar-refractivity contribution in [3.8, 4) is 0 Å². The average Bonchev–Trinajstić information content (AvgIpc) is 0.754. The highest BCUT2D eigenvalue weighted by atomic mass is 16.7. The number of likely N-dealkylation sites (N-methyl/N-ethyl adjacent to an activating group) is 2. The van der Waals surface area contributed by atoms with E-state index in [0.29, 0.717) is 83.7 Å². The van der Waals surface area contributed by atoms with Crippen LogP contribution >= 0.6 is 0 Å². The Labute approximate surface area is 700 Å². The summed E-state index contributed by atoms with van der Waals surface area (Å²) in [5.41, 5.74) is 0.734. The van der Waals surface area contributed by atoms with Gasteiger partial charge >= 0.3 is 29.8 Å². The molecule has 0 N–H and O–H groups in total. The van der Waals surface area contributed by atoms with Crippen LogP contribution in [-0.2, 0) is 76.6 Å². The maximum absolute atomic E-state index is 13.7. The highest BCUT2D eigenvalue weighted by Gasteiger charge is 2.58. The van der Waals surface area contributed by atoms with E-state index in [1.165, 1.54) is 11.6 Å². The highest BCUT2D eigenvalue weighted by Crippen LogP contribution is 2.49. The van der Waals surface area contributed by atoms with Crippen molar-refractivity contribution in [3.05, 3.63) is 133 Å². The van der Waals surface area contributed by atoms with Gasteiger partial charge in [-0.05, 0) is 182 Å². The molecule has 0 amide bonds. The third kappa shape index (κ3) is 31.7. The molecule has 656 valence electrons. The zero-order valence-electron chi connectivity index (χ0n) is 76.4. The molecule has 21 nitrogen and oxygen atoms in total. The molecule has 0 saturated carbocycles. The molecule has 116 heavy (non-hydrogen) atoms. The number of unbranched alkanes of at least 4 members (excludes halogenated alkanes) is 3. The van der Waals surface area contributed by atoms with Crippen LogP contribution < -0.4 is 0 Å². The van der Waals surface area contributed by atoms with Crippen LogP contribution in [0.5, 0.6) is 0 Å². The number of esters is 5. The summed E-state index contributed by atoms with van der Waals surface area (Å²) < 4.78 is 26.4. The summed E-state index contributed by atoms with van der Waals surface area (Å²) in [6.07, 6.45) is 13.1. The maximum Gasteiger partial charge on any atom is 0.337 e. The highest BCUT2D eigenvalue weighted by molar-refractivity contribution is 5.86. The maximum atomic E-state index is 13.7. The van der Waals surface area contributed by atoms with Gasteiger partial charge in [0.1, 0.15) is 36.7 Å². The normalized spacial score (nSPS) is 25.1. The number of carbonyl (C=O) groups excluding carboxylic acids is 8. The molecule has 3 aromatic rings. The van der Waals surface area contributed by atoms with Gasteiger partial charge < -0.3 is 33.5 Å². The van der Waals surface area contributed by atoms with Crippen LogP contribution in [0.15, 0.2) is 116 Å². The third-order valence-corrected chi connectivity index (χ3v) is 24.6. The Balaban J connectivity index is 0.000000543. The van der Waals surface area contributed by atoms with Gasteiger partial charge in [0.15, 0.2) is 12.2 Å². The molecule has 0 aromatic heterocycles. The lowest BCUT2D eigenvalue weighted by Gasteiger charge is -2.56. The first-order chi connectivity index (χ1) is 54.7. The van der Waals surface area contributed by atoms with Gasteiger partial charge in [-0.25, -0.2) is 19.2 Å². The quantitative estimate of drug-likeness (QED) is 0.0223. The minimum Gasteiger partial charge on any atom is -0.465 e. The molecule has 0 bridgehead atoms. The number of Topliss-reactive ketones (excluding diaryl/α,β-unsaturated/α-hetero) is 3. The second kappa shape index (κ2) is 52.3. The number of hydrogen-bond acceptors (Lipinski definition) is 21. The first kappa shape index (κ1) is 105. The summed E-state index contributed by atoms with van der Waals surface area (Å²) in [7, 11) is 7.67. The van der Waals surface area contributed by atoms with Crippen molar-refractivity contribution in [1.82, 2.24) is 25.0 Å². The first-order valence-corrected chi connectivity index (χ1v) is 43.2. The molecule has 15 unspecified atom stereocenters. The predicted octanol–water partition coefficient (Wildman–Crippen LogP) is 19.0. The molecular formula is C95H155N5O16. The van der Waals surface area contributed by atoms with Gasteiger partial charge in [-0.2, -0.15) is 15.2 Å². The summed E-state index contributed by atoms with van der Waals surface area (Å²) >= 11 is 0. The second-order valence-electron chi connectivity index (χ2n) is 33.9. The number of ketones is 3. The van der Waals surface area contributed by atoms with Gasteiger partial charge in [0, 0.05) is 62.3 Å². The molecule has 21 heteroatoms.